The minimum atomic E-state index is -0.186. The van der Waals surface area contributed by atoms with E-state index < -0.39 is 0 Å². The summed E-state index contributed by atoms with van der Waals surface area (Å²) in [5.74, 6) is 1.37. The summed E-state index contributed by atoms with van der Waals surface area (Å²) in [6.07, 6.45) is 5.09. The van der Waals surface area contributed by atoms with E-state index in [9.17, 15) is 0 Å². The predicted octanol–water partition coefficient (Wildman–Crippen LogP) is 1.56. The first-order valence-corrected chi connectivity index (χ1v) is 5.62. The molecule has 3 aliphatic rings. The zero-order valence-electron chi connectivity index (χ0n) is 8.70. The number of hydrogen-bond donors (Lipinski definition) is 0. The molecular weight excluding hydrogens is 180 g/mol. The lowest BCUT2D eigenvalue weighted by Crippen LogP contribution is -2.27. The van der Waals surface area contributed by atoms with Crippen LogP contribution < -0.4 is 0 Å². The Labute approximate surface area is 84.7 Å². The van der Waals surface area contributed by atoms with E-state index in [1.54, 1.807) is 0 Å². The van der Waals surface area contributed by atoms with Gasteiger partial charge >= 0.3 is 0 Å². The van der Waals surface area contributed by atoms with Crippen LogP contribution >= 0.6 is 0 Å². The van der Waals surface area contributed by atoms with Crippen molar-refractivity contribution in [2.75, 3.05) is 20.3 Å². The van der Waals surface area contributed by atoms with Gasteiger partial charge in [0.15, 0.2) is 5.79 Å². The first-order valence-electron chi connectivity index (χ1n) is 5.62. The third kappa shape index (κ3) is 1.30. The lowest BCUT2D eigenvalue weighted by Gasteiger charge is -2.23. The minimum Gasteiger partial charge on any atom is -0.381 e. The second-order valence-electron chi connectivity index (χ2n) is 4.87. The van der Waals surface area contributed by atoms with Crippen molar-refractivity contribution in [2.24, 2.45) is 11.8 Å². The molecule has 0 aromatic heterocycles. The van der Waals surface area contributed by atoms with Gasteiger partial charge in [-0.2, -0.15) is 0 Å². The van der Waals surface area contributed by atoms with Gasteiger partial charge in [0, 0.05) is 20.0 Å². The van der Waals surface area contributed by atoms with Crippen molar-refractivity contribution in [1.82, 2.24) is 0 Å². The molecule has 2 unspecified atom stereocenters. The van der Waals surface area contributed by atoms with Crippen LogP contribution in [0.5, 0.6) is 0 Å². The summed E-state index contributed by atoms with van der Waals surface area (Å²) in [4.78, 5) is 0. The monoisotopic (exact) mass is 198 g/mol. The Morgan fingerprint density at radius 2 is 1.64 bits per heavy atom. The molecule has 0 N–H and O–H groups in total. The average Bonchev–Trinajstić information content (AvgIpc) is 2.81. The first kappa shape index (κ1) is 9.13. The largest absolute Gasteiger partial charge is 0.381 e. The van der Waals surface area contributed by atoms with E-state index in [-0.39, 0.29) is 5.79 Å². The van der Waals surface area contributed by atoms with Crippen LogP contribution in [0.2, 0.25) is 0 Å². The molecule has 0 radical (unpaired) electrons. The fourth-order valence-corrected chi connectivity index (χ4v) is 3.46. The molecule has 3 rings (SSSR count). The predicted molar refractivity (Wildman–Crippen MR) is 50.9 cm³/mol. The van der Waals surface area contributed by atoms with E-state index >= 15 is 0 Å². The molecule has 2 saturated carbocycles. The van der Waals surface area contributed by atoms with Gasteiger partial charge in [-0.3, -0.25) is 0 Å². The molecule has 0 aromatic rings. The van der Waals surface area contributed by atoms with Crippen LogP contribution in [-0.4, -0.2) is 32.2 Å². The quantitative estimate of drug-likeness (QED) is 0.640. The molecule has 2 aliphatic carbocycles. The van der Waals surface area contributed by atoms with Gasteiger partial charge in [0.1, 0.15) is 0 Å². The van der Waals surface area contributed by atoms with Crippen molar-refractivity contribution in [3.05, 3.63) is 0 Å². The van der Waals surface area contributed by atoms with E-state index in [1.165, 1.54) is 12.8 Å². The Balaban J connectivity index is 1.68. The molecule has 14 heavy (non-hydrogen) atoms. The fourth-order valence-electron chi connectivity index (χ4n) is 3.46. The van der Waals surface area contributed by atoms with Crippen LogP contribution in [0.1, 0.15) is 25.7 Å². The summed E-state index contributed by atoms with van der Waals surface area (Å²) < 4.78 is 16.9. The zero-order valence-corrected chi connectivity index (χ0v) is 8.70. The lowest BCUT2D eigenvalue weighted by molar-refractivity contribution is -0.156. The normalized spacial score (nSPS) is 44.8. The Morgan fingerprint density at radius 3 is 2.14 bits per heavy atom. The van der Waals surface area contributed by atoms with Gasteiger partial charge in [0.25, 0.3) is 0 Å². The standard InChI is InChI=1S/C11H18O3/c1-12-10-4-8-6-11(7-9(8)5-10)13-2-3-14-11/h8-10H,2-7H2,1H3. The molecule has 3 fully saturated rings. The summed E-state index contributed by atoms with van der Waals surface area (Å²) in [5, 5.41) is 0. The SMILES string of the molecule is COC1CC2CC3(CC2C1)OCCO3. The van der Waals surface area contributed by atoms with Crippen LogP contribution in [0.25, 0.3) is 0 Å². The topological polar surface area (TPSA) is 27.7 Å². The highest BCUT2D eigenvalue weighted by Gasteiger charge is 2.52. The van der Waals surface area contributed by atoms with Gasteiger partial charge in [-0.1, -0.05) is 0 Å². The van der Waals surface area contributed by atoms with Gasteiger partial charge in [0.2, 0.25) is 0 Å². The third-order valence-electron chi connectivity index (χ3n) is 4.09. The molecular formula is C11H18O3. The smallest absolute Gasteiger partial charge is 0.169 e. The van der Waals surface area contributed by atoms with Gasteiger partial charge in [0.05, 0.1) is 19.3 Å². The van der Waals surface area contributed by atoms with Crippen molar-refractivity contribution in [3.8, 4) is 0 Å². The van der Waals surface area contributed by atoms with Crippen LogP contribution in [0.3, 0.4) is 0 Å². The fraction of sp³-hybridized carbons (Fsp3) is 1.00. The highest BCUT2D eigenvalue weighted by molar-refractivity contribution is 4.97. The van der Waals surface area contributed by atoms with Crippen molar-refractivity contribution in [2.45, 2.75) is 37.6 Å². The molecule has 0 aromatic carbocycles. The summed E-state index contributed by atoms with van der Waals surface area (Å²) in [5.41, 5.74) is 0. The van der Waals surface area contributed by atoms with E-state index in [4.69, 9.17) is 14.2 Å². The highest BCUT2D eigenvalue weighted by atomic mass is 16.7. The number of fused-ring (bicyclic) bond motifs is 1. The Kier molecular flexibility index (Phi) is 2.08. The molecule has 0 bridgehead atoms. The van der Waals surface area contributed by atoms with Gasteiger partial charge in [-0.05, 0) is 24.7 Å². The Bertz CT molecular complexity index is 207. The molecule has 80 valence electrons. The molecule has 3 heteroatoms. The van der Waals surface area contributed by atoms with E-state index in [1.807, 2.05) is 7.11 Å². The van der Waals surface area contributed by atoms with Gasteiger partial charge < -0.3 is 14.2 Å². The maximum absolute atomic E-state index is 5.74. The summed E-state index contributed by atoms with van der Waals surface area (Å²) in [7, 11) is 1.82. The molecule has 0 amide bonds. The van der Waals surface area contributed by atoms with Crippen LogP contribution in [0.4, 0.5) is 0 Å². The van der Waals surface area contributed by atoms with Crippen LogP contribution in [0, 0.1) is 11.8 Å². The average molecular weight is 198 g/mol. The number of ether oxygens (including phenoxy) is 3. The van der Waals surface area contributed by atoms with Crippen LogP contribution in [0.15, 0.2) is 0 Å². The van der Waals surface area contributed by atoms with Gasteiger partial charge in [-0.25, -0.2) is 0 Å². The first-order chi connectivity index (χ1) is 6.81. The molecule has 1 aliphatic heterocycles. The maximum Gasteiger partial charge on any atom is 0.169 e. The van der Waals surface area contributed by atoms with E-state index in [0.717, 1.165) is 37.9 Å². The number of methoxy groups -OCH3 is 1. The maximum atomic E-state index is 5.74. The highest BCUT2D eigenvalue weighted by Crippen LogP contribution is 2.52. The second kappa shape index (κ2) is 3.19. The second-order valence-corrected chi connectivity index (χ2v) is 4.87. The van der Waals surface area contributed by atoms with Gasteiger partial charge in [-0.15, -0.1) is 0 Å². The Morgan fingerprint density at radius 1 is 1.07 bits per heavy atom. The van der Waals surface area contributed by atoms with E-state index in [0.29, 0.717) is 6.10 Å². The molecule has 1 spiro atoms. The molecule has 1 saturated heterocycles. The summed E-state index contributed by atoms with van der Waals surface area (Å²) in [6, 6.07) is 0. The molecule has 2 atom stereocenters. The molecule has 3 nitrogen and oxygen atoms in total. The van der Waals surface area contributed by atoms with Crippen molar-refractivity contribution in [3.63, 3.8) is 0 Å². The minimum absolute atomic E-state index is 0.186. The number of hydrogen-bond acceptors (Lipinski definition) is 3. The van der Waals surface area contributed by atoms with Crippen molar-refractivity contribution < 1.29 is 14.2 Å². The third-order valence-corrected chi connectivity index (χ3v) is 4.09. The van der Waals surface area contributed by atoms with Crippen molar-refractivity contribution in [1.29, 1.82) is 0 Å². The summed E-state index contributed by atoms with van der Waals surface area (Å²) in [6.45, 7) is 1.57. The van der Waals surface area contributed by atoms with E-state index in [2.05, 4.69) is 0 Å². The summed E-state index contributed by atoms with van der Waals surface area (Å²) >= 11 is 0. The van der Waals surface area contributed by atoms with Crippen molar-refractivity contribution >= 4 is 0 Å². The van der Waals surface area contributed by atoms with Crippen LogP contribution in [-0.2, 0) is 14.2 Å². The Hall–Kier alpha value is -0.120. The zero-order chi connectivity index (χ0) is 9.60. The number of rotatable bonds is 1. The molecule has 1 heterocycles. The lowest BCUT2D eigenvalue weighted by atomic mass is 10.0.